The maximum absolute atomic E-state index is 4.75. The molecule has 0 saturated carbocycles. The summed E-state index contributed by atoms with van der Waals surface area (Å²) in [6.45, 7) is 6.17. The van der Waals surface area contributed by atoms with Gasteiger partial charge in [-0.15, -0.1) is 0 Å². The van der Waals surface area contributed by atoms with E-state index in [4.69, 9.17) is 4.98 Å². The summed E-state index contributed by atoms with van der Waals surface area (Å²) in [6.07, 6.45) is 1.16. The second kappa shape index (κ2) is 4.10. The summed E-state index contributed by atoms with van der Waals surface area (Å²) in [5.74, 6) is 1.93. The Morgan fingerprint density at radius 1 is 1.20 bits per heavy atom. The van der Waals surface area contributed by atoms with Crippen molar-refractivity contribution in [3.8, 4) is 11.3 Å². The van der Waals surface area contributed by atoms with Gasteiger partial charge in [-0.05, 0) is 32.4 Å². The molecule has 0 radical (unpaired) electrons. The number of imidazole rings is 2. The van der Waals surface area contributed by atoms with E-state index in [9.17, 15) is 0 Å². The van der Waals surface area contributed by atoms with Crippen LogP contribution in [0.4, 0.5) is 5.95 Å². The quantitative estimate of drug-likeness (QED) is 0.712. The number of hydrogen-bond acceptors (Lipinski definition) is 3. The first-order valence-corrected chi connectivity index (χ1v) is 7.00. The predicted molar refractivity (Wildman–Crippen MR) is 79.9 cm³/mol. The van der Waals surface area contributed by atoms with E-state index in [0.29, 0.717) is 0 Å². The van der Waals surface area contributed by atoms with Gasteiger partial charge in [-0.2, -0.15) is 0 Å². The number of nitrogens with zero attached hydrogens (tertiary/aromatic N) is 3. The summed E-state index contributed by atoms with van der Waals surface area (Å²) in [4.78, 5) is 12.5. The van der Waals surface area contributed by atoms with Crippen LogP contribution in [0.1, 0.15) is 17.9 Å². The number of anilines is 1. The number of aromatic nitrogens is 4. The first kappa shape index (κ1) is 11.5. The van der Waals surface area contributed by atoms with Gasteiger partial charge in [0.15, 0.2) is 0 Å². The van der Waals surface area contributed by atoms with Crippen LogP contribution >= 0.6 is 0 Å². The molecule has 2 N–H and O–H groups in total. The van der Waals surface area contributed by atoms with E-state index >= 15 is 0 Å². The Morgan fingerprint density at radius 2 is 2.10 bits per heavy atom. The van der Waals surface area contributed by atoms with Crippen LogP contribution in [0.15, 0.2) is 18.2 Å². The number of aryl methyl sites for hydroxylation is 1. The zero-order valence-corrected chi connectivity index (χ0v) is 11.7. The first-order chi connectivity index (χ1) is 9.72. The molecule has 0 unspecified atom stereocenters. The van der Waals surface area contributed by atoms with E-state index in [1.165, 1.54) is 5.69 Å². The highest BCUT2D eigenvalue weighted by Crippen LogP contribution is 2.29. The van der Waals surface area contributed by atoms with Crippen LogP contribution in [0.2, 0.25) is 0 Å². The van der Waals surface area contributed by atoms with Gasteiger partial charge in [0.1, 0.15) is 5.82 Å². The molecule has 3 heterocycles. The molecule has 0 fully saturated rings. The molecule has 2 aromatic heterocycles. The summed E-state index contributed by atoms with van der Waals surface area (Å²) in [6, 6.07) is 6.29. The van der Waals surface area contributed by atoms with E-state index in [0.717, 1.165) is 53.6 Å². The zero-order chi connectivity index (χ0) is 13.7. The lowest BCUT2D eigenvalue weighted by Gasteiger charge is -2.16. The molecular weight excluding hydrogens is 250 g/mol. The second-order valence-electron chi connectivity index (χ2n) is 5.36. The highest BCUT2D eigenvalue weighted by Gasteiger charge is 2.17. The molecule has 0 spiro atoms. The lowest BCUT2D eigenvalue weighted by molar-refractivity contribution is 0.615. The molecular formula is C15H17N5. The minimum Gasteiger partial charge on any atom is -0.356 e. The van der Waals surface area contributed by atoms with Crippen molar-refractivity contribution in [2.45, 2.75) is 26.8 Å². The number of rotatable bonds is 1. The van der Waals surface area contributed by atoms with Gasteiger partial charge in [0.25, 0.3) is 0 Å². The third-order valence-corrected chi connectivity index (χ3v) is 3.94. The third-order valence-electron chi connectivity index (χ3n) is 3.94. The fourth-order valence-electron chi connectivity index (χ4n) is 2.94. The molecule has 0 amide bonds. The summed E-state index contributed by atoms with van der Waals surface area (Å²) in [7, 11) is 0. The Balaban J connectivity index is 1.87. The Labute approximate surface area is 117 Å². The Bertz CT molecular complexity index is 796. The van der Waals surface area contributed by atoms with Crippen LogP contribution in [-0.2, 0) is 6.54 Å². The summed E-state index contributed by atoms with van der Waals surface area (Å²) in [5.41, 5.74) is 5.50. The van der Waals surface area contributed by atoms with E-state index in [1.54, 1.807) is 0 Å². The highest BCUT2D eigenvalue weighted by molar-refractivity contribution is 5.82. The molecule has 102 valence electrons. The van der Waals surface area contributed by atoms with Crippen molar-refractivity contribution in [2.24, 2.45) is 0 Å². The first-order valence-electron chi connectivity index (χ1n) is 7.00. The van der Waals surface area contributed by atoms with Crippen molar-refractivity contribution < 1.29 is 0 Å². The van der Waals surface area contributed by atoms with Crippen molar-refractivity contribution >= 4 is 17.0 Å². The Kier molecular flexibility index (Phi) is 2.36. The number of aromatic amines is 1. The Morgan fingerprint density at radius 3 is 2.95 bits per heavy atom. The Hall–Kier alpha value is -2.30. The van der Waals surface area contributed by atoms with Crippen molar-refractivity contribution in [1.82, 2.24) is 19.5 Å². The number of nitrogens with one attached hydrogen (secondary N) is 2. The van der Waals surface area contributed by atoms with Gasteiger partial charge in [-0.1, -0.05) is 6.07 Å². The van der Waals surface area contributed by atoms with Crippen molar-refractivity contribution in [2.75, 3.05) is 11.9 Å². The fraction of sp³-hybridized carbons (Fsp3) is 0.333. The standard InChI is InChI=1S/C15H17N5/c1-9-14(19-15-16-6-3-7-20(9)15)11-4-5-12-13(8-11)18-10(2)17-12/h4-5,8H,3,6-7H2,1-2H3,(H,16,19)(H,17,18). The molecule has 0 aliphatic carbocycles. The van der Waals surface area contributed by atoms with E-state index < -0.39 is 0 Å². The van der Waals surface area contributed by atoms with Crippen LogP contribution in [0.5, 0.6) is 0 Å². The molecule has 5 nitrogen and oxygen atoms in total. The maximum atomic E-state index is 4.75. The van der Waals surface area contributed by atoms with E-state index in [-0.39, 0.29) is 0 Å². The third kappa shape index (κ3) is 1.62. The molecule has 1 aliphatic heterocycles. The number of hydrogen-bond donors (Lipinski definition) is 2. The molecule has 4 rings (SSSR count). The van der Waals surface area contributed by atoms with Gasteiger partial charge in [0.2, 0.25) is 5.95 Å². The molecule has 5 heteroatoms. The van der Waals surface area contributed by atoms with Gasteiger partial charge in [-0.25, -0.2) is 9.97 Å². The fourth-order valence-corrected chi connectivity index (χ4v) is 2.94. The molecule has 0 bridgehead atoms. The second-order valence-corrected chi connectivity index (χ2v) is 5.36. The van der Waals surface area contributed by atoms with Crippen LogP contribution in [0.3, 0.4) is 0 Å². The van der Waals surface area contributed by atoms with E-state index in [1.807, 2.05) is 6.92 Å². The lowest BCUT2D eigenvalue weighted by atomic mass is 10.1. The topological polar surface area (TPSA) is 58.5 Å². The molecule has 1 aromatic carbocycles. The number of H-pyrrole nitrogens is 1. The maximum Gasteiger partial charge on any atom is 0.203 e. The number of fused-ring (bicyclic) bond motifs is 2. The molecule has 1 aliphatic rings. The zero-order valence-electron chi connectivity index (χ0n) is 11.7. The van der Waals surface area contributed by atoms with Gasteiger partial charge in [0, 0.05) is 24.3 Å². The van der Waals surface area contributed by atoms with E-state index in [2.05, 4.69) is 45.0 Å². The van der Waals surface area contributed by atoms with Gasteiger partial charge < -0.3 is 14.9 Å². The normalized spacial score (nSPS) is 14.3. The molecule has 20 heavy (non-hydrogen) atoms. The minimum absolute atomic E-state index is 0.944. The van der Waals surface area contributed by atoms with Crippen molar-refractivity contribution in [1.29, 1.82) is 0 Å². The average molecular weight is 267 g/mol. The minimum atomic E-state index is 0.944. The van der Waals surface area contributed by atoms with Crippen LogP contribution < -0.4 is 5.32 Å². The summed E-state index contributed by atoms with van der Waals surface area (Å²) < 4.78 is 2.27. The van der Waals surface area contributed by atoms with Gasteiger partial charge in [0.05, 0.1) is 16.7 Å². The van der Waals surface area contributed by atoms with Crippen molar-refractivity contribution in [3.63, 3.8) is 0 Å². The summed E-state index contributed by atoms with van der Waals surface area (Å²) >= 11 is 0. The van der Waals surface area contributed by atoms with Gasteiger partial charge >= 0.3 is 0 Å². The molecule has 0 saturated heterocycles. The molecule has 0 atom stereocenters. The smallest absolute Gasteiger partial charge is 0.203 e. The van der Waals surface area contributed by atoms with Gasteiger partial charge in [-0.3, -0.25) is 0 Å². The SMILES string of the molecule is Cc1nc2ccc(-c3nc4n(c3C)CCCN4)cc2[nH]1. The summed E-state index contributed by atoms with van der Waals surface area (Å²) in [5, 5.41) is 3.37. The van der Waals surface area contributed by atoms with Crippen LogP contribution in [0, 0.1) is 13.8 Å². The van der Waals surface area contributed by atoms with Crippen LogP contribution in [0.25, 0.3) is 22.3 Å². The monoisotopic (exact) mass is 267 g/mol. The molecule has 3 aromatic rings. The predicted octanol–water partition coefficient (Wildman–Crippen LogP) is 2.86. The number of benzene rings is 1. The largest absolute Gasteiger partial charge is 0.356 e. The van der Waals surface area contributed by atoms with Crippen molar-refractivity contribution in [3.05, 3.63) is 29.7 Å². The average Bonchev–Trinajstić information content (AvgIpc) is 2.98. The highest BCUT2D eigenvalue weighted by atomic mass is 15.2. The lowest BCUT2D eigenvalue weighted by Crippen LogP contribution is -2.17. The van der Waals surface area contributed by atoms with Crippen LogP contribution in [-0.4, -0.2) is 26.1 Å².